The topological polar surface area (TPSA) is 47.2 Å². The second kappa shape index (κ2) is 6.09. The normalized spacial score (nSPS) is 11.5. The zero-order chi connectivity index (χ0) is 17.3. The number of hydrogen-bond donors (Lipinski definition) is 0. The van der Waals surface area contributed by atoms with Gasteiger partial charge in [-0.2, -0.15) is 18.3 Å². The van der Waals surface area contributed by atoms with E-state index in [-0.39, 0.29) is 11.4 Å². The number of rotatable bonds is 3. The molecule has 0 saturated carbocycles. The first-order valence-electron chi connectivity index (χ1n) is 6.75. The first-order chi connectivity index (χ1) is 11.4. The molecule has 0 saturated heterocycles. The van der Waals surface area contributed by atoms with E-state index in [0.29, 0.717) is 16.3 Å². The Hall–Kier alpha value is -2.67. The van der Waals surface area contributed by atoms with Crippen molar-refractivity contribution in [2.45, 2.75) is 6.18 Å². The highest BCUT2D eigenvalue weighted by Crippen LogP contribution is 2.33. The second-order valence-electron chi connectivity index (χ2n) is 4.94. The van der Waals surface area contributed by atoms with Crippen LogP contribution in [0, 0.1) is 4.91 Å². The van der Waals surface area contributed by atoms with Crippen LogP contribution >= 0.6 is 11.6 Å². The zero-order valence-corrected chi connectivity index (χ0v) is 12.7. The van der Waals surface area contributed by atoms with Crippen molar-refractivity contribution in [2.24, 2.45) is 5.18 Å². The molecule has 1 heterocycles. The summed E-state index contributed by atoms with van der Waals surface area (Å²) in [6, 6.07) is 13.1. The number of hydrogen-bond acceptors (Lipinski definition) is 3. The molecular formula is C16H9ClF3N3O. The van der Waals surface area contributed by atoms with E-state index in [0.717, 1.165) is 6.07 Å². The monoisotopic (exact) mass is 351 g/mol. The second-order valence-corrected chi connectivity index (χ2v) is 5.38. The van der Waals surface area contributed by atoms with Crippen LogP contribution in [-0.4, -0.2) is 9.78 Å². The van der Waals surface area contributed by atoms with E-state index in [1.807, 2.05) is 0 Å². The van der Waals surface area contributed by atoms with Crippen LogP contribution in [0.2, 0.25) is 5.02 Å². The van der Waals surface area contributed by atoms with Crippen LogP contribution in [0.4, 0.5) is 18.9 Å². The fourth-order valence-electron chi connectivity index (χ4n) is 2.20. The van der Waals surface area contributed by atoms with Gasteiger partial charge in [-0.05, 0) is 47.6 Å². The van der Waals surface area contributed by atoms with Gasteiger partial charge in [0.25, 0.3) is 0 Å². The van der Waals surface area contributed by atoms with Crippen LogP contribution in [0.1, 0.15) is 5.69 Å². The van der Waals surface area contributed by atoms with Crippen molar-refractivity contribution in [1.29, 1.82) is 0 Å². The van der Waals surface area contributed by atoms with Crippen LogP contribution in [0.5, 0.6) is 0 Å². The summed E-state index contributed by atoms with van der Waals surface area (Å²) < 4.78 is 40.3. The molecule has 0 aliphatic heterocycles. The zero-order valence-electron chi connectivity index (χ0n) is 12.0. The van der Waals surface area contributed by atoms with E-state index in [1.54, 1.807) is 24.3 Å². The summed E-state index contributed by atoms with van der Waals surface area (Å²) in [6.45, 7) is 0. The van der Waals surface area contributed by atoms with E-state index in [4.69, 9.17) is 11.6 Å². The fourth-order valence-corrected chi connectivity index (χ4v) is 2.32. The van der Waals surface area contributed by atoms with Crippen molar-refractivity contribution in [1.82, 2.24) is 9.78 Å². The maximum atomic E-state index is 13.0. The van der Waals surface area contributed by atoms with E-state index < -0.39 is 11.9 Å². The highest BCUT2D eigenvalue weighted by Gasteiger charge is 2.35. The van der Waals surface area contributed by atoms with Gasteiger partial charge in [0.1, 0.15) is 5.69 Å². The highest BCUT2D eigenvalue weighted by molar-refractivity contribution is 6.30. The van der Waals surface area contributed by atoms with Gasteiger partial charge in [-0.25, -0.2) is 4.68 Å². The van der Waals surface area contributed by atoms with Crippen molar-refractivity contribution < 1.29 is 13.2 Å². The quantitative estimate of drug-likeness (QED) is 0.576. The number of nitrogens with zero attached hydrogens (tertiary/aromatic N) is 3. The van der Waals surface area contributed by atoms with Crippen molar-refractivity contribution in [3.8, 4) is 16.9 Å². The molecule has 0 spiro atoms. The highest BCUT2D eigenvalue weighted by atomic mass is 35.5. The summed E-state index contributed by atoms with van der Waals surface area (Å²) in [7, 11) is 0. The number of alkyl halides is 3. The lowest BCUT2D eigenvalue weighted by molar-refractivity contribution is -0.141. The molecule has 8 heteroatoms. The lowest BCUT2D eigenvalue weighted by Gasteiger charge is -2.08. The molecule has 0 bridgehead atoms. The van der Waals surface area contributed by atoms with Gasteiger partial charge in [0.2, 0.25) is 0 Å². The van der Waals surface area contributed by atoms with Crippen LogP contribution in [-0.2, 0) is 6.18 Å². The molecule has 0 aliphatic rings. The predicted molar refractivity (Wildman–Crippen MR) is 84.5 cm³/mol. The Kier molecular flexibility index (Phi) is 4.11. The Balaban J connectivity index is 2.17. The van der Waals surface area contributed by atoms with Gasteiger partial charge in [-0.1, -0.05) is 23.7 Å². The average molecular weight is 352 g/mol. The molecule has 1 aromatic heterocycles. The minimum atomic E-state index is -4.57. The van der Waals surface area contributed by atoms with Gasteiger partial charge in [0, 0.05) is 10.6 Å². The fraction of sp³-hybridized carbons (Fsp3) is 0.0625. The molecule has 3 aromatic rings. The maximum absolute atomic E-state index is 13.0. The van der Waals surface area contributed by atoms with Gasteiger partial charge < -0.3 is 0 Å². The summed E-state index contributed by atoms with van der Waals surface area (Å²) >= 11 is 5.82. The van der Waals surface area contributed by atoms with Crippen molar-refractivity contribution in [3.05, 3.63) is 70.2 Å². The molecule has 0 atom stereocenters. The van der Waals surface area contributed by atoms with Crippen LogP contribution in [0.15, 0.2) is 59.8 Å². The Morgan fingerprint density at radius 1 is 1.00 bits per heavy atom. The third-order valence-electron chi connectivity index (χ3n) is 3.34. The molecule has 0 aliphatic carbocycles. The first-order valence-corrected chi connectivity index (χ1v) is 7.13. The molecule has 2 aromatic carbocycles. The largest absolute Gasteiger partial charge is 0.435 e. The summed E-state index contributed by atoms with van der Waals surface area (Å²) in [5, 5.41) is 6.90. The molecule has 0 N–H and O–H groups in total. The van der Waals surface area contributed by atoms with E-state index in [2.05, 4.69) is 10.3 Å². The minimum Gasteiger partial charge on any atom is -0.233 e. The van der Waals surface area contributed by atoms with Gasteiger partial charge in [-0.15, -0.1) is 4.91 Å². The van der Waals surface area contributed by atoms with Crippen LogP contribution in [0.25, 0.3) is 16.9 Å². The van der Waals surface area contributed by atoms with Crippen molar-refractivity contribution in [2.75, 3.05) is 0 Å². The van der Waals surface area contributed by atoms with E-state index in [1.165, 1.54) is 28.9 Å². The Morgan fingerprint density at radius 2 is 1.62 bits per heavy atom. The lowest BCUT2D eigenvalue weighted by atomic mass is 10.1. The van der Waals surface area contributed by atoms with E-state index in [9.17, 15) is 18.1 Å². The third-order valence-corrected chi connectivity index (χ3v) is 3.59. The number of nitroso groups, excluding NO2 is 1. The summed E-state index contributed by atoms with van der Waals surface area (Å²) in [6.07, 6.45) is -4.57. The third kappa shape index (κ3) is 3.16. The van der Waals surface area contributed by atoms with Crippen LogP contribution < -0.4 is 0 Å². The van der Waals surface area contributed by atoms with Gasteiger partial charge >= 0.3 is 6.18 Å². The maximum Gasteiger partial charge on any atom is 0.435 e. The molecule has 24 heavy (non-hydrogen) atoms. The number of halogens is 4. The predicted octanol–water partition coefficient (Wildman–Crippen LogP) is 5.61. The van der Waals surface area contributed by atoms with Gasteiger partial charge in [0.05, 0.1) is 11.4 Å². The number of benzene rings is 2. The molecule has 0 radical (unpaired) electrons. The molecule has 3 rings (SSSR count). The molecule has 0 fully saturated rings. The summed E-state index contributed by atoms with van der Waals surface area (Å²) in [5.41, 5.74) is 0.327. The van der Waals surface area contributed by atoms with Gasteiger partial charge in [-0.3, -0.25) is 0 Å². The van der Waals surface area contributed by atoms with Crippen molar-refractivity contribution >= 4 is 17.3 Å². The summed E-state index contributed by atoms with van der Waals surface area (Å²) in [5.74, 6) is 0. The van der Waals surface area contributed by atoms with Crippen molar-refractivity contribution in [3.63, 3.8) is 0 Å². The van der Waals surface area contributed by atoms with E-state index >= 15 is 0 Å². The Labute approximate surface area is 139 Å². The Morgan fingerprint density at radius 3 is 2.17 bits per heavy atom. The molecule has 0 unspecified atom stereocenters. The van der Waals surface area contributed by atoms with Gasteiger partial charge in [0.15, 0.2) is 5.69 Å². The Bertz CT molecular complexity index is 871. The SMILES string of the molecule is O=Nc1ccc(-n2nc(C(F)(F)F)cc2-c2ccc(Cl)cc2)cc1. The minimum absolute atomic E-state index is 0.176. The molecular weight excluding hydrogens is 343 g/mol. The molecule has 4 nitrogen and oxygen atoms in total. The average Bonchev–Trinajstić information content (AvgIpc) is 3.01. The molecule has 0 amide bonds. The summed E-state index contributed by atoms with van der Waals surface area (Å²) in [4.78, 5) is 10.5. The molecule has 122 valence electrons. The number of aromatic nitrogens is 2. The smallest absolute Gasteiger partial charge is 0.233 e. The lowest BCUT2D eigenvalue weighted by Crippen LogP contribution is -2.07. The first kappa shape index (κ1) is 16.2. The van der Waals surface area contributed by atoms with Crippen LogP contribution in [0.3, 0.4) is 0 Å². The standard InChI is InChI=1S/C16H9ClF3N3O/c17-11-3-1-10(2-4-11)14-9-15(16(18,19)20)21-23(14)13-7-5-12(22-24)6-8-13/h1-9H.